The van der Waals surface area contributed by atoms with Crippen LogP contribution in [0.5, 0.6) is 0 Å². The average Bonchev–Trinajstić information content (AvgIpc) is 3.30. The van der Waals surface area contributed by atoms with Gasteiger partial charge in [-0.05, 0) is 19.4 Å². The van der Waals surface area contributed by atoms with Crippen molar-refractivity contribution in [2.75, 3.05) is 45.3 Å². The number of amides is 2. The van der Waals surface area contributed by atoms with Crippen LogP contribution in [0, 0.1) is 5.92 Å². The molecule has 4 rings (SSSR count). The smallest absolute Gasteiger partial charge is 0.358 e. The number of nitrogens with zero attached hydrogens (tertiary/aromatic N) is 1. The first kappa shape index (κ1) is 24.5. The SMILES string of the molecule is O=C(NCCNC(=O)C1CC(C(F)(F)F)CCN1)C1=CN(C2NCNC3NCNC32)CCS1. The lowest BCUT2D eigenvalue weighted by molar-refractivity contribution is -0.183. The standard InChI is InChI=1S/C19H31F3N8O2S/c20-19(21,22)11-1-2-23-12(7-11)17(31)24-3-4-25-18(32)13-8-30(5-6-33-13)16-14-15(27-9-26-14)28-10-29-16/h8,11-12,14-16,23,26-29H,1-7,9-10H2,(H,24,31)(H,25,32). The number of rotatable bonds is 6. The molecule has 0 saturated carbocycles. The van der Waals surface area contributed by atoms with Gasteiger partial charge in [-0.3, -0.25) is 30.9 Å². The zero-order valence-electron chi connectivity index (χ0n) is 18.1. The van der Waals surface area contributed by atoms with Gasteiger partial charge in [0.25, 0.3) is 5.91 Å². The first-order chi connectivity index (χ1) is 15.8. The van der Waals surface area contributed by atoms with Crippen molar-refractivity contribution in [3.8, 4) is 0 Å². The van der Waals surface area contributed by atoms with Crippen molar-refractivity contribution in [2.24, 2.45) is 5.92 Å². The number of nitrogens with one attached hydrogen (secondary N) is 7. The molecule has 0 spiro atoms. The number of thioether (sulfide) groups is 1. The normalized spacial score (nSPS) is 32.6. The molecular formula is C19H31F3N8O2S. The zero-order chi connectivity index (χ0) is 23.4. The molecule has 5 atom stereocenters. The van der Waals surface area contributed by atoms with Crippen molar-refractivity contribution >= 4 is 23.6 Å². The molecule has 0 aromatic carbocycles. The lowest BCUT2D eigenvalue weighted by Crippen LogP contribution is -2.68. The fraction of sp³-hybridized carbons (Fsp3) is 0.789. The molecule has 0 aliphatic carbocycles. The van der Waals surface area contributed by atoms with Gasteiger partial charge in [-0.1, -0.05) is 0 Å². The number of halogens is 3. The summed E-state index contributed by atoms with van der Waals surface area (Å²) in [5.41, 5.74) is 0. The average molecular weight is 493 g/mol. The van der Waals surface area contributed by atoms with Gasteiger partial charge in [0.15, 0.2) is 0 Å². The third kappa shape index (κ3) is 6.11. The number of alkyl halides is 3. The molecule has 0 bridgehead atoms. The number of carbonyl (C=O) groups is 2. The van der Waals surface area contributed by atoms with Crippen molar-refractivity contribution in [2.45, 2.75) is 43.4 Å². The Hall–Kier alpha value is -1.58. The van der Waals surface area contributed by atoms with E-state index in [1.807, 2.05) is 6.20 Å². The van der Waals surface area contributed by atoms with Gasteiger partial charge in [0.2, 0.25) is 5.91 Å². The van der Waals surface area contributed by atoms with Crippen LogP contribution in [0.2, 0.25) is 0 Å². The van der Waals surface area contributed by atoms with Crippen LogP contribution >= 0.6 is 11.8 Å². The Bertz CT molecular complexity index is 755. The van der Waals surface area contributed by atoms with E-state index >= 15 is 0 Å². The second-order valence-corrected chi connectivity index (χ2v) is 9.65. The molecule has 186 valence electrons. The predicted molar refractivity (Wildman–Crippen MR) is 117 cm³/mol. The van der Waals surface area contributed by atoms with Gasteiger partial charge in [0, 0.05) is 44.9 Å². The summed E-state index contributed by atoms with van der Waals surface area (Å²) in [6.07, 6.45) is -2.48. The Morgan fingerprint density at radius 1 is 1.09 bits per heavy atom. The molecule has 0 aromatic heterocycles. The summed E-state index contributed by atoms with van der Waals surface area (Å²) in [4.78, 5) is 27.6. The summed E-state index contributed by atoms with van der Waals surface area (Å²) in [6.45, 7) is 2.70. The second kappa shape index (κ2) is 10.8. The summed E-state index contributed by atoms with van der Waals surface area (Å²) in [6, 6.07) is -0.700. The highest BCUT2D eigenvalue weighted by atomic mass is 32.2. The molecule has 10 nitrogen and oxygen atoms in total. The predicted octanol–water partition coefficient (Wildman–Crippen LogP) is -1.64. The van der Waals surface area contributed by atoms with E-state index in [1.54, 1.807) is 0 Å². The van der Waals surface area contributed by atoms with E-state index in [2.05, 4.69) is 42.1 Å². The molecule has 4 aliphatic heterocycles. The third-order valence-corrected chi connectivity index (χ3v) is 7.34. The minimum atomic E-state index is -4.29. The van der Waals surface area contributed by atoms with E-state index in [-0.39, 0.29) is 56.8 Å². The van der Waals surface area contributed by atoms with E-state index in [0.717, 1.165) is 19.0 Å². The van der Waals surface area contributed by atoms with Gasteiger partial charge in [-0.2, -0.15) is 13.2 Å². The van der Waals surface area contributed by atoms with Gasteiger partial charge in [0.1, 0.15) is 0 Å². The third-order valence-electron chi connectivity index (χ3n) is 6.36. The van der Waals surface area contributed by atoms with Crippen LogP contribution in [0.4, 0.5) is 13.2 Å². The Kier molecular flexibility index (Phi) is 8.02. The molecule has 33 heavy (non-hydrogen) atoms. The number of hydrogen-bond acceptors (Lipinski definition) is 9. The number of fused-ring (bicyclic) bond motifs is 1. The van der Waals surface area contributed by atoms with Crippen molar-refractivity contribution in [1.82, 2.24) is 42.1 Å². The maximum Gasteiger partial charge on any atom is 0.391 e. The van der Waals surface area contributed by atoms with Gasteiger partial charge < -0.3 is 20.9 Å². The number of hydrogen-bond donors (Lipinski definition) is 7. The van der Waals surface area contributed by atoms with Crippen molar-refractivity contribution in [3.63, 3.8) is 0 Å². The van der Waals surface area contributed by atoms with E-state index < -0.39 is 24.0 Å². The van der Waals surface area contributed by atoms with Crippen molar-refractivity contribution < 1.29 is 22.8 Å². The summed E-state index contributed by atoms with van der Waals surface area (Å²) in [5.74, 6) is -1.39. The van der Waals surface area contributed by atoms with Gasteiger partial charge in [-0.15, -0.1) is 11.8 Å². The van der Waals surface area contributed by atoms with Gasteiger partial charge in [0.05, 0.1) is 35.2 Å². The minimum absolute atomic E-state index is 0.0198. The van der Waals surface area contributed by atoms with Crippen LogP contribution < -0.4 is 37.2 Å². The highest BCUT2D eigenvalue weighted by Gasteiger charge is 2.43. The Morgan fingerprint density at radius 3 is 2.64 bits per heavy atom. The van der Waals surface area contributed by atoms with Crippen LogP contribution in [0.1, 0.15) is 12.8 Å². The van der Waals surface area contributed by atoms with E-state index in [9.17, 15) is 22.8 Å². The van der Waals surface area contributed by atoms with Crippen molar-refractivity contribution in [3.05, 3.63) is 11.1 Å². The quantitative estimate of drug-likeness (QED) is 0.219. The summed E-state index contributed by atoms with van der Waals surface area (Å²) in [7, 11) is 0. The van der Waals surface area contributed by atoms with Crippen molar-refractivity contribution in [1.29, 1.82) is 0 Å². The largest absolute Gasteiger partial charge is 0.391 e. The van der Waals surface area contributed by atoms with E-state index in [1.165, 1.54) is 11.8 Å². The topological polar surface area (TPSA) is 122 Å². The first-order valence-electron chi connectivity index (χ1n) is 11.2. The summed E-state index contributed by atoms with van der Waals surface area (Å²) < 4.78 is 38.8. The second-order valence-electron chi connectivity index (χ2n) is 8.51. The van der Waals surface area contributed by atoms with Gasteiger partial charge in [-0.25, -0.2) is 0 Å². The minimum Gasteiger partial charge on any atom is -0.358 e. The molecular weight excluding hydrogens is 461 g/mol. The highest BCUT2D eigenvalue weighted by molar-refractivity contribution is 8.04. The van der Waals surface area contributed by atoms with Crippen LogP contribution in [-0.2, 0) is 9.59 Å². The Labute approximate surface area is 194 Å². The van der Waals surface area contributed by atoms with Crippen LogP contribution in [0.3, 0.4) is 0 Å². The molecule has 4 heterocycles. The molecule has 14 heteroatoms. The maximum atomic E-state index is 12.9. The number of carbonyl (C=O) groups excluding carboxylic acids is 2. The lowest BCUT2D eigenvalue weighted by Gasteiger charge is -2.42. The molecule has 7 N–H and O–H groups in total. The molecule has 0 aromatic rings. The molecule has 2 amide bonds. The summed E-state index contributed by atoms with van der Waals surface area (Å²) >= 11 is 1.48. The van der Waals surface area contributed by atoms with Crippen LogP contribution in [-0.4, -0.2) is 92.6 Å². The molecule has 3 saturated heterocycles. The van der Waals surface area contributed by atoms with Gasteiger partial charge >= 0.3 is 6.18 Å². The molecule has 4 aliphatic rings. The Balaban J connectivity index is 1.21. The maximum absolute atomic E-state index is 12.9. The lowest BCUT2D eigenvalue weighted by atomic mass is 9.91. The fourth-order valence-corrected chi connectivity index (χ4v) is 5.53. The summed E-state index contributed by atoms with van der Waals surface area (Å²) in [5, 5.41) is 21.8. The Morgan fingerprint density at radius 2 is 1.85 bits per heavy atom. The molecule has 3 fully saturated rings. The first-order valence-corrected chi connectivity index (χ1v) is 12.2. The number of piperidine rings is 1. The van der Waals surface area contributed by atoms with E-state index in [0.29, 0.717) is 11.6 Å². The zero-order valence-corrected chi connectivity index (χ0v) is 19.0. The fourth-order valence-electron chi connectivity index (χ4n) is 4.59. The highest BCUT2D eigenvalue weighted by Crippen LogP contribution is 2.34. The van der Waals surface area contributed by atoms with E-state index in [4.69, 9.17) is 0 Å². The molecule has 0 radical (unpaired) electrons. The molecule has 5 unspecified atom stereocenters. The monoisotopic (exact) mass is 492 g/mol. The van der Waals surface area contributed by atoms with Crippen LogP contribution in [0.25, 0.3) is 0 Å². The van der Waals surface area contributed by atoms with Crippen LogP contribution in [0.15, 0.2) is 11.1 Å².